The maximum Gasteiger partial charge on any atom is 0.410 e. The highest BCUT2D eigenvalue weighted by Crippen LogP contribution is 2.35. The zero-order chi connectivity index (χ0) is 35.6. The third-order valence-electron chi connectivity index (χ3n) is 8.69. The molecule has 50 heavy (non-hydrogen) atoms. The zero-order valence-corrected chi connectivity index (χ0v) is 27.9. The second-order valence-electron chi connectivity index (χ2n) is 12.5. The Morgan fingerprint density at radius 1 is 0.900 bits per heavy atom. The van der Waals surface area contributed by atoms with Gasteiger partial charge in [0.1, 0.15) is 0 Å². The molecule has 5 rings (SSSR count). The van der Waals surface area contributed by atoms with Gasteiger partial charge in [0.25, 0.3) is 0 Å². The van der Waals surface area contributed by atoms with Crippen molar-refractivity contribution in [2.24, 2.45) is 5.92 Å². The molecule has 268 valence electrons. The number of hydrogen-bond acceptors (Lipinski definition) is 8. The molecule has 1 saturated carbocycles. The number of nitrogens with zero attached hydrogens (tertiary/aromatic N) is 3. The minimum atomic E-state index is -1.35. The Morgan fingerprint density at radius 2 is 1.64 bits per heavy atom. The number of unbranched alkanes of at least 4 members (excludes halogenated alkanes) is 1. The van der Waals surface area contributed by atoms with Gasteiger partial charge in [0.2, 0.25) is 11.7 Å². The first-order valence-corrected chi connectivity index (χ1v) is 16.7. The van der Waals surface area contributed by atoms with Crippen molar-refractivity contribution in [3.63, 3.8) is 0 Å². The lowest BCUT2D eigenvalue weighted by molar-refractivity contribution is -0.492. The average Bonchev–Trinajstić information content (AvgIpc) is 3.95. The second-order valence-corrected chi connectivity index (χ2v) is 12.5. The van der Waals surface area contributed by atoms with E-state index in [0.29, 0.717) is 38.3 Å². The number of hydrogen-bond donors (Lipinski definition) is 2. The van der Waals surface area contributed by atoms with Crippen LogP contribution >= 0.6 is 0 Å². The summed E-state index contributed by atoms with van der Waals surface area (Å²) in [6.45, 7) is 2.99. The maximum atomic E-state index is 14.4. The summed E-state index contributed by atoms with van der Waals surface area (Å²) in [5.41, 5.74) is 4.74. The van der Waals surface area contributed by atoms with E-state index < -0.39 is 35.2 Å². The van der Waals surface area contributed by atoms with Crippen LogP contribution in [0, 0.1) is 30.3 Å². The lowest BCUT2D eigenvalue weighted by atomic mass is 9.87. The van der Waals surface area contributed by atoms with Gasteiger partial charge in [-0.05, 0) is 79.8 Å². The van der Waals surface area contributed by atoms with Crippen molar-refractivity contribution in [2.45, 2.75) is 58.0 Å². The highest BCUT2D eigenvalue weighted by molar-refractivity contribution is 5.94. The van der Waals surface area contributed by atoms with Crippen molar-refractivity contribution in [1.29, 1.82) is 0 Å². The first-order valence-electron chi connectivity index (χ1n) is 16.7. The smallest absolute Gasteiger partial charge is 0.410 e. The van der Waals surface area contributed by atoms with Crippen molar-refractivity contribution in [2.75, 3.05) is 32.9 Å². The third-order valence-corrected chi connectivity index (χ3v) is 8.69. The van der Waals surface area contributed by atoms with E-state index in [2.05, 4.69) is 10.9 Å². The van der Waals surface area contributed by atoms with E-state index in [-0.39, 0.29) is 50.2 Å². The van der Waals surface area contributed by atoms with Gasteiger partial charge in [-0.15, -0.1) is 0 Å². The summed E-state index contributed by atoms with van der Waals surface area (Å²) in [6.07, 6.45) is 5.02. The molecule has 1 aliphatic heterocycles. The fourth-order valence-electron chi connectivity index (χ4n) is 5.96. The number of carbonyl (C=O) groups excluding carboxylic acids is 2. The summed E-state index contributed by atoms with van der Waals surface area (Å²) >= 11 is 0. The minimum absolute atomic E-state index is 0.0116. The van der Waals surface area contributed by atoms with E-state index in [9.17, 15) is 22.8 Å². The molecule has 1 unspecified atom stereocenters. The van der Waals surface area contributed by atoms with Crippen LogP contribution in [0.2, 0.25) is 0 Å². The number of rotatable bonds is 16. The lowest BCUT2D eigenvalue weighted by Crippen LogP contribution is -2.47. The predicted molar refractivity (Wildman–Crippen MR) is 176 cm³/mol. The summed E-state index contributed by atoms with van der Waals surface area (Å²) in [5, 5.41) is 16.9. The quantitative estimate of drug-likeness (QED) is 0.0950. The maximum absolute atomic E-state index is 14.4. The van der Waals surface area contributed by atoms with Crippen molar-refractivity contribution in [3.8, 4) is 5.75 Å². The van der Waals surface area contributed by atoms with E-state index in [1.54, 1.807) is 0 Å². The number of benzene rings is 3. The van der Waals surface area contributed by atoms with Crippen molar-refractivity contribution >= 4 is 17.6 Å². The summed E-state index contributed by atoms with van der Waals surface area (Å²) in [7, 11) is 0. The molecule has 0 radical (unpaired) electrons. The minimum Gasteiger partial charge on any atom is -0.488 e. The summed E-state index contributed by atoms with van der Waals surface area (Å²) in [4.78, 5) is 35.4. The van der Waals surface area contributed by atoms with Crippen LogP contribution in [0.25, 0.3) is 5.57 Å². The van der Waals surface area contributed by atoms with Gasteiger partial charge in [0.15, 0.2) is 17.4 Å². The molecule has 0 saturated heterocycles. The molecule has 2 aliphatic rings. The Balaban J connectivity index is 1.26. The number of aryl methyl sites for hydroxylation is 2. The predicted octanol–water partition coefficient (Wildman–Crippen LogP) is 6.86. The van der Waals surface area contributed by atoms with Crippen LogP contribution in [0.5, 0.6) is 5.75 Å². The van der Waals surface area contributed by atoms with Gasteiger partial charge < -0.3 is 19.3 Å². The van der Waals surface area contributed by atoms with Crippen LogP contribution in [0.15, 0.2) is 66.7 Å². The van der Waals surface area contributed by atoms with Gasteiger partial charge in [-0.1, -0.05) is 60.2 Å². The van der Waals surface area contributed by atoms with Crippen LogP contribution in [-0.4, -0.2) is 76.6 Å². The molecule has 0 aromatic heterocycles. The highest BCUT2D eigenvalue weighted by Gasteiger charge is 2.40. The molecule has 0 spiro atoms. The average molecular weight is 698 g/mol. The molecule has 2 N–H and O–H groups in total. The fourth-order valence-corrected chi connectivity index (χ4v) is 5.96. The van der Waals surface area contributed by atoms with Crippen LogP contribution in [0.3, 0.4) is 0 Å². The molecule has 3 aromatic rings. The SMILES string of the molecule is Cc1cccc(CN(C(=O)C2CN(C(=O)OCCCCON(O)O)CC=C2c2ccc(CCCOc3c(F)ccc(F)c3F)cc2)C2CC2)c1. The fraction of sp³-hybridized carbons (Fsp3) is 0.405. The summed E-state index contributed by atoms with van der Waals surface area (Å²) < 4.78 is 51.9. The normalized spacial score (nSPS) is 15.9. The lowest BCUT2D eigenvalue weighted by Gasteiger charge is -2.35. The Morgan fingerprint density at radius 3 is 2.36 bits per heavy atom. The monoisotopic (exact) mass is 697 g/mol. The molecule has 13 heteroatoms. The summed E-state index contributed by atoms with van der Waals surface area (Å²) in [6, 6.07) is 17.4. The highest BCUT2D eigenvalue weighted by atomic mass is 19.2. The number of halogens is 3. The molecule has 1 aliphatic carbocycles. The Labute approximate surface area is 289 Å². The van der Waals surface area contributed by atoms with Crippen LogP contribution in [0.1, 0.15) is 54.4 Å². The van der Waals surface area contributed by atoms with E-state index in [0.717, 1.165) is 46.7 Å². The van der Waals surface area contributed by atoms with Gasteiger partial charge in [0, 0.05) is 25.7 Å². The van der Waals surface area contributed by atoms with Crippen molar-refractivity contribution in [3.05, 3.63) is 106 Å². The summed E-state index contributed by atoms with van der Waals surface area (Å²) in [5.74, 6) is -4.92. The molecule has 1 fully saturated rings. The van der Waals surface area contributed by atoms with Crippen molar-refractivity contribution < 1.29 is 47.5 Å². The van der Waals surface area contributed by atoms with E-state index in [1.807, 2.05) is 60.4 Å². The van der Waals surface area contributed by atoms with Gasteiger partial charge in [-0.3, -0.25) is 20.0 Å². The first kappa shape index (κ1) is 36.8. The Hall–Kier alpha value is -4.43. The van der Waals surface area contributed by atoms with Gasteiger partial charge in [-0.25, -0.2) is 13.6 Å². The third kappa shape index (κ3) is 10.1. The van der Waals surface area contributed by atoms with Crippen LogP contribution < -0.4 is 4.74 Å². The molecule has 1 atom stereocenters. The first-order chi connectivity index (χ1) is 24.1. The number of carbonyl (C=O) groups is 2. The molecular formula is C37H42F3N3O7. The second kappa shape index (κ2) is 17.5. The number of amides is 2. The Kier molecular flexibility index (Phi) is 12.9. The number of ether oxygens (including phenoxy) is 2. The van der Waals surface area contributed by atoms with Crippen molar-refractivity contribution in [1.82, 2.24) is 15.2 Å². The Bertz CT molecular complexity index is 1650. The molecule has 3 aromatic carbocycles. The largest absolute Gasteiger partial charge is 0.488 e. The molecule has 1 heterocycles. The standard InChI is InChI=1S/C37H42F3N3O7/c1-25-6-4-7-27(22-25)23-42(29-13-14-29)36(44)31-24-41(37(45)49-19-2-3-21-50-43(46)47)18-17-30(31)28-11-9-26(10-12-28)8-5-20-48-35-33(39)16-15-32(38)34(35)40/h4,6-7,9-12,15-17,22,29,31,46-47H,2-3,5,8,13-14,18-21,23-24H2,1H3. The zero-order valence-electron chi connectivity index (χ0n) is 27.9. The van der Waals surface area contributed by atoms with E-state index in [4.69, 9.17) is 19.9 Å². The topological polar surface area (TPSA) is 112 Å². The van der Waals surface area contributed by atoms with E-state index in [1.165, 1.54) is 4.90 Å². The molecule has 2 amide bonds. The molecule has 0 bridgehead atoms. The van der Waals surface area contributed by atoms with Gasteiger partial charge in [-0.2, -0.15) is 4.39 Å². The van der Waals surface area contributed by atoms with Gasteiger partial charge in [0.05, 0.1) is 31.1 Å². The van der Waals surface area contributed by atoms with E-state index >= 15 is 0 Å². The van der Waals surface area contributed by atoms with Crippen LogP contribution in [-0.2, 0) is 27.3 Å². The van der Waals surface area contributed by atoms with Gasteiger partial charge >= 0.3 is 6.09 Å². The molecular weight excluding hydrogens is 655 g/mol. The van der Waals surface area contributed by atoms with Crippen LogP contribution in [0.4, 0.5) is 18.0 Å². The molecule has 10 nitrogen and oxygen atoms in total.